The van der Waals surface area contributed by atoms with Gasteiger partial charge in [0.2, 0.25) is 0 Å². The van der Waals surface area contributed by atoms with Gasteiger partial charge in [-0.3, -0.25) is 4.90 Å². The van der Waals surface area contributed by atoms with E-state index in [9.17, 15) is 4.79 Å². The third-order valence-electron chi connectivity index (χ3n) is 3.97. The molecule has 23 heavy (non-hydrogen) atoms. The third kappa shape index (κ3) is 3.38. The van der Waals surface area contributed by atoms with Gasteiger partial charge in [-0.05, 0) is 30.5 Å². The van der Waals surface area contributed by atoms with Crippen LogP contribution in [0.25, 0.3) is 0 Å². The summed E-state index contributed by atoms with van der Waals surface area (Å²) in [4.78, 5) is 13.8. The van der Waals surface area contributed by atoms with Crippen LogP contribution >= 0.6 is 0 Å². The minimum atomic E-state index is -0.331. The van der Waals surface area contributed by atoms with Gasteiger partial charge >= 0.3 is 6.09 Å². The van der Waals surface area contributed by atoms with E-state index in [1.165, 1.54) is 0 Å². The number of carbonyl (C=O) groups is 1. The van der Waals surface area contributed by atoms with Gasteiger partial charge in [0.05, 0.1) is 18.0 Å². The summed E-state index contributed by atoms with van der Waals surface area (Å²) in [5.41, 5.74) is 4.74. The van der Waals surface area contributed by atoms with E-state index in [2.05, 4.69) is 12.3 Å². The quantitative estimate of drug-likeness (QED) is 0.740. The van der Waals surface area contributed by atoms with Gasteiger partial charge in [-0.2, -0.15) is 0 Å². The lowest BCUT2D eigenvalue weighted by Gasteiger charge is -2.23. The fourth-order valence-corrected chi connectivity index (χ4v) is 2.82. The molecule has 1 amide bonds. The van der Waals surface area contributed by atoms with E-state index in [1.807, 2.05) is 42.5 Å². The third-order valence-corrected chi connectivity index (χ3v) is 3.97. The Morgan fingerprint density at radius 1 is 1.26 bits per heavy atom. The zero-order valence-electron chi connectivity index (χ0n) is 12.9. The van der Waals surface area contributed by atoms with Crippen LogP contribution in [-0.2, 0) is 11.2 Å². The number of rotatable bonds is 6. The Labute approximate surface area is 135 Å². The SMILES string of the molecule is C=C=C(CCCc1ccco1)N1C(=O)OC[C@H]1c1ccccc1. The maximum absolute atomic E-state index is 12.1. The summed E-state index contributed by atoms with van der Waals surface area (Å²) in [6.45, 7) is 4.10. The van der Waals surface area contributed by atoms with Crippen molar-refractivity contribution >= 4 is 6.09 Å². The van der Waals surface area contributed by atoms with E-state index in [0.717, 1.165) is 29.9 Å². The number of nitrogens with zero attached hydrogens (tertiary/aromatic N) is 1. The van der Waals surface area contributed by atoms with Gasteiger partial charge in [0.1, 0.15) is 12.4 Å². The molecule has 1 saturated heterocycles. The second-order valence-electron chi connectivity index (χ2n) is 5.43. The first-order valence-corrected chi connectivity index (χ1v) is 7.72. The standard InChI is InChI=1S/C19H19NO3/c1-2-16(10-6-11-17-12-7-13-22-17)20-18(14-23-19(20)21)15-8-4-3-5-9-15/h3-5,7-9,12-13,18H,1,6,10-11,14H2/t18-/m0/s1. The number of ether oxygens (including phenoxy) is 1. The second kappa shape index (κ2) is 7.03. The number of hydrogen-bond donors (Lipinski definition) is 0. The summed E-state index contributed by atoms with van der Waals surface area (Å²) in [6.07, 6.45) is 3.71. The summed E-state index contributed by atoms with van der Waals surface area (Å²) < 4.78 is 10.6. The molecule has 1 aromatic heterocycles. The highest BCUT2D eigenvalue weighted by Gasteiger charge is 2.36. The summed E-state index contributed by atoms with van der Waals surface area (Å²) in [5, 5.41) is 0. The molecule has 1 aliphatic rings. The maximum atomic E-state index is 12.1. The van der Waals surface area contributed by atoms with Crippen LogP contribution in [0.3, 0.4) is 0 Å². The number of hydrogen-bond acceptors (Lipinski definition) is 3. The van der Waals surface area contributed by atoms with Crippen molar-refractivity contribution in [2.24, 2.45) is 0 Å². The molecule has 1 aromatic carbocycles. The van der Waals surface area contributed by atoms with E-state index >= 15 is 0 Å². The van der Waals surface area contributed by atoms with Crippen LogP contribution in [0.4, 0.5) is 4.79 Å². The van der Waals surface area contributed by atoms with Crippen LogP contribution in [0.15, 0.2) is 71.2 Å². The van der Waals surface area contributed by atoms with E-state index in [1.54, 1.807) is 11.2 Å². The zero-order chi connectivity index (χ0) is 16.1. The molecule has 1 atom stereocenters. The first kappa shape index (κ1) is 15.2. The first-order valence-electron chi connectivity index (χ1n) is 7.72. The van der Waals surface area contributed by atoms with Crippen molar-refractivity contribution in [2.75, 3.05) is 6.61 Å². The Morgan fingerprint density at radius 2 is 2.09 bits per heavy atom. The van der Waals surface area contributed by atoms with Gasteiger partial charge in [0, 0.05) is 6.42 Å². The van der Waals surface area contributed by atoms with Crippen LogP contribution in [0.1, 0.15) is 30.2 Å². The first-order chi connectivity index (χ1) is 11.3. The van der Waals surface area contributed by atoms with E-state index in [0.29, 0.717) is 13.0 Å². The highest BCUT2D eigenvalue weighted by molar-refractivity contribution is 5.73. The molecule has 4 nitrogen and oxygen atoms in total. The molecule has 2 aromatic rings. The fourth-order valence-electron chi connectivity index (χ4n) is 2.82. The largest absolute Gasteiger partial charge is 0.469 e. The Bertz CT molecular complexity index is 699. The minimum Gasteiger partial charge on any atom is -0.469 e. The highest BCUT2D eigenvalue weighted by atomic mass is 16.6. The molecule has 2 heterocycles. The Balaban J connectivity index is 1.70. The van der Waals surface area contributed by atoms with Crippen molar-refractivity contribution < 1.29 is 13.9 Å². The van der Waals surface area contributed by atoms with E-state index < -0.39 is 0 Å². The average molecular weight is 309 g/mol. The number of benzene rings is 1. The number of furan rings is 1. The van der Waals surface area contributed by atoms with Gasteiger partial charge in [-0.25, -0.2) is 4.79 Å². The molecule has 1 fully saturated rings. The van der Waals surface area contributed by atoms with Gasteiger partial charge in [0.15, 0.2) is 0 Å². The zero-order valence-corrected chi connectivity index (χ0v) is 12.9. The fraction of sp³-hybridized carbons (Fsp3) is 0.263. The topological polar surface area (TPSA) is 42.7 Å². The second-order valence-corrected chi connectivity index (χ2v) is 5.43. The monoisotopic (exact) mass is 309 g/mol. The summed E-state index contributed by atoms with van der Waals surface area (Å²) in [7, 11) is 0. The Morgan fingerprint density at radius 3 is 2.78 bits per heavy atom. The molecular formula is C19H19NO3. The molecule has 0 aliphatic carbocycles. The van der Waals surface area contributed by atoms with Crippen molar-refractivity contribution in [3.05, 3.63) is 78.1 Å². The van der Waals surface area contributed by atoms with Gasteiger partial charge in [-0.15, -0.1) is 5.73 Å². The number of aryl methyl sites for hydroxylation is 1. The number of allylic oxidation sites excluding steroid dienone is 1. The lowest BCUT2D eigenvalue weighted by atomic mass is 10.1. The smallest absolute Gasteiger partial charge is 0.415 e. The molecule has 0 unspecified atom stereocenters. The summed E-state index contributed by atoms with van der Waals surface area (Å²) >= 11 is 0. The van der Waals surface area contributed by atoms with Crippen molar-refractivity contribution in [2.45, 2.75) is 25.3 Å². The summed E-state index contributed by atoms with van der Waals surface area (Å²) in [5.74, 6) is 0.942. The van der Waals surface area contributed by atoms with Crippen LogP contribution in [-0.4, -0.2) is 17.6 Å². The van der Waals surface area contributed by atoms with Gasteiger partial charge in [-0.1, -0.05) is 36.9 Å². The number of amides is 1. The van der Waals surface area contributed by atoms with Crippen molar-refractivity contribution in [3.8, 4) is 0 Å². The number of carbonyl (C=O) groups excluding carboxylic acids is 1. The Hall–Kier alpha value is -2.71. The predicted octanol–water partition coefficient (Wildman–Crippen LogP) is 4.46. The van der Waals surface area contributed by atoms with Gasteiger partial charge < -0.3 is 9.15 Å². The minimum absolute atomic E-state index is 0.114. The number of cyclic esters (lactones) is 1. The Kier molecular flexibility index (Phi) is 4.65. The molecule has 1 aliphatic heterocycles. The molecule has 3 rings (SSSR count). The predicted molar refractivity (Wildman–Crippen MR) is 86.7 cm³/mol. The normalized spacial score (nSPS) is 17.0. The molecule has 0 N–H and O–H groups in total. The maximum Gasteiger partial charge on any atom is 0.415 e. The molecular weight excluding hydrogens is 290 g/mol. The molecule has 0 bridgehead atoms. The lowest BCUT2D eigenvalue weighted by molar-refractivity contribution is 0.163. The van der Waals surface area contributed by atoms with Crippen LogP contribution < -0.4 is 0 Å². The molecule has 118 valence electrons. The van der Waals surface area contributed by atoms with Gasteiger partial charge in [0.25, 0.3) is 0 Å². The molecule has 4 heteroatoms. The lowest BCUT2D eigenvalue weighted by Crippen LogP contribution is -2.26. The van der Waals surface area contributed by atoms with Crippen molar-refractivity contribution in [3.63, 3.8) is 0 Å². The molecule has 0 spiro atoms. The molecule has 0 radical (unpaired) electrons. The van der Waals surface area contributed by atoms with Crippen molar-refractivity contribution in [1.29, 1.82) is 0 Å². The highest BCUT2D eigenvalue weighted by Crippen LogP contribution is 2.32. The van der Waals surface area contributed by atoms with E-state index in [-0.39, 0.29) is 12.1 Å². The van der Waals surface area contributed by atoms with Crippen LogP contribution in [0, 0.1) is 0 Å². The summed E-state index contributed by atoms with van der Waals surface area (Å²) in [6, 6.07) is 13.6. The van der Waals surface area contributed by atoms with Crippen LogP contribution in [0.5, 0.6) is 0 Å². The van der Waals surface area contributed by atoms with Crippen LogP contribution in [0.2, 0.25) is 0 Å². The average Bonchev–Trinajstić information content (AvgIpc) is 3.22. The molecule has 0 saturated carbocycles. The van der Waals surface area contributed by atoms with Crippen molar-refractivity contribution in [1.82, 2.24) is 4.90 Å². The van der Waals surface area contributed by atoms with E-state index in [4.69, 9.17) is 9.15 Å².